The molecule has 4 rings (SSSR count). The van der Waals surface area contributed by atoms with Gasteiger partial charge in [-0.25, -0.2) is 18.9 Å². The molecule has 0 spiro atoms. The number of aromatic nitrogens is 3. The van der Waals surface area contributed by atoms with Crippen LogP contribution in [-0.2, 0) is 24.1 Å². The lowest BCUT2D eigenvalue weighted by atomic mass is 10.1. The molecule has 1 aliphatic carbocycles. The molecular formula is C22H23ClFN5O2S2. The van der Waals surface area contributed by atoms with E-state index in [1.54, 1.807) is 29.0 Å². The van der Waals surface area contributed by atoms with Crippen molar-refractivity contribution in [2.24, 2.45) is 0 Å². The second-order valence-electron chi connectivity index (χ2n) is 7.57. The Kier molecular flexibility index (Phi) is 7.56. The normalized spacial score (nSPS) is 13.2. The summed E-state index contributed by atoms with van der Waals surface area (Å²) in [6, 6.07) is 4.21. The van der Waals surface area contributed by atoms with Crippen LogP contribution in [0.25, 0.3) is 0 Å². The van der Waals surface area contributed by atoms with E-state index in [9.17, 15) is 9.18 Å². The predicted molar refractivity (Wildman–Crippen MR) is 132 cm³/mol. The number of fused-ring (bicyclic) bond motifs is 1. The van der Waals surface area contributed by atoms with Gasteiger partial charge in [0.2, 0.25) is 5.95 Å². The molecule has 2 heterocycles. The molecule has 1 aromatic carbocycles. The van der Waals surface area contributed by atoms with Crippen LogP contribution < -0.4 is 10.6 Å². The zero-order valence-corrected chi connectivity index (χ0v) is 20.4. The molecule has 1 aliphatic rings. The van der Waals surface area contributed by atoms with Crippen molar-refractivity contribution in [2.45, 2.75) is 45.6 Å². The number of halogens is 2. The van der Waals surface area contributed by atoms with Crippen LogP contribution in [0.3, 0.4) is 0 Å². The van der Waals surface area contributed by atoms with Crippen molar-refractivity contribution in [3.63, 3.8) is 0 Å². The lowest BCUT2D eigenvalue weighted by Gasteiger charge is -2.10. The summed E-state index contributed by atoms with van der Waals surface area (Å²) in [6.45, 7) is 2.44. The molecule has 0 atom stereocenters. The monoisotopic (exact) mass is 507 g/mol. The standard InChI is InChI=1S/C22H23ClFN5O2S2/c1-2-31-20(30)18-15-6-4-3-5-7-17(15)33-19(18)26-22(32)27-21-25-12-29(28-21)11-13-8-9-14(24)10-16(13)23/h8-10,12H,2-7,11H2,1H3,(H2,26,27,28,32). The van der Waals surface area contributed by atoms with Crippen molar-refractivity contribution in [2.75, 3.05) is 17.2 Å². The summed E-state index contributed by atoms with van der Waals surface area (Å²) in [5, 5.41) is 11.7. The van der Waals surface area contributed by atoms with Crippen molar-refractivity contribution in [1.29, 1.82) is 0 Å². The Balaban J connectivity index is 1.46. The van der Waals surface area contributed by atoms with E-state index in [4.69, 9.17) is 28.6 Å². The first-order chi connectivity index (χ1) is 15.9. The van der Waals surface area contributed by atoms with E-state index in [0.717, 1.165) is 43.2 Å². The maximum atomic E-state index is 13.3. The molecule has 0 unspecified atom stereocenters. The first-order valence-corrected chi connectivity index (χ1v) is 12.3. The van der Waals surface area contributed by atoms with Gasteiger partial charge in [0.1, 0.15) is 17.1 Å². The molecule has 11 heteroatoms. The number of thiophene rings is 1. The van der Waals surface area contributed by atoms with Crippen LogP contribution in [0.15, 0.2) is 24.5 Å². The van der Waals surface area contributed by atoms with Crippen LogP contribution in [0.4, 0.5) is 15.3 Å². The Morgan fingerprint density at radius 1 is 1.30 bits per heavy atom. The van der Waals surface area contributed by atoms with Gasteiger partial charge in [-0.15, -0.1) is 16.4 Å². The average molecular weight is 508 g/mol. The summed E-state index contributed by atoms with van der Waals surface area (Å²) < 4.78 is 20.1. The third-order valence-electron chi connectivity index (χ3n) is 5.24. The number of anilines is 2. The Bertz CT molecular complexity index is 1180. The Morgan fingerprint density at radius 3 is 2.91 bits per heavy atom. The summed E-state index contributed by atoms with van der Waals surface area (Å²) in [7, 11) is 0. The molecule has 2 N–H and O–H groups in total. The molecule has 0 aliphatic heterocycles. The number of nitrogens with one attached hydrogen (secondary N) is 2. The molecule has 3 aromatic rings. The second kappa shape index (κ2) is 10.6. The highest BCUT2D eigenvalue weighted by Gasteiger charge is 2.26. The van der Waals surface area contributed by atoms with E-state index < -0.39 is 5.82 Å². The number of thiocarbonyl (C=S) groups is 1. The van der Waals surface area contributed by atoms with Crippen LogP contribution in [0.5, 0.6) is 0 Å². The molecule has 0 radical (unpaired) electrons. The summed E-state index contributed by atoms with van der Waals surface area (Å²) in [4.78, 5) is 18.1. The number of aryl methyl sites for hydroxylation is 1. The minimum Gasteiger partial charge on any atom is -0.462 e. The average Bonchev–Trinajstić information content (AvgIpc) is 3.26. The first kappa shape index (κ1) is 23.6. The molecule has 2 aromatic heterocycles. The number of hydrogen-bond donors (Lipinski definition) is 2. The maximum Gasteiger partial charge on any atom is 0.341 e. The topological polar surface area (TPSA) is 81.1 Å². The number of ether oxygens (including phenoxy) is 1. The fourth-order valence-corrected chi connectivity index (χ4v) is 5.51. The summed E-state index contributed by atoms with van der Waals surface area (Å²) in [5.41, 5.74) is 2.36. The SMILES string of the molecule is CCOC(=O)c1c(NC(=S)Nc2ncn(Cc3ccc(F)cc3Cl)n2)sc2c1CCCCC2. The molecule has 174 valence electrons. The summed E-state index contributed by atoms with van der Waals surface area (Å²) in [5.74, 6) is -0.434. The first-order valence-electron chi connectivity index (χ1n) is 10.7. The zero-order chi connectivity index (χ0) is 23.4. The number of nitrogens with zero attached hydrogens (tertiary/aromatic N) is 3. The maximum absolute atomic E-state index is 13.3. The van der Waals surface area contributed by atoms with Crippen LogP contribution in [0.1, 0.15) is 52.5 Å². The van der Waals surface area contributed by atoms with Gasteiger partial charge in [0.25, 0.3) is 0 Å². The van der Waals surface area contributed by atoms with Crippen molar-refractivity contribution < 1.29 is 13.9 Å². The number of carbonyl (C=O) groups excluding carboxylic acids is 1. The van der Waals surface area contributed by atoms with Gasteiger partial charge in [0.05, 0.1) is 18.7 Å². The van der Waals surface area contributed by atoms with Gasteiger partial charge in [0, 0.05) is 9.90 Å². The zero-order valence-electron chi connectivity index (χ0n) is 18.0. The smallest absolute Gasteiger partial charge is 0.341 e. The van der Waals surface area contributed by atoms with Crippen molar-refractivity contribution in [1.82, 2.24) is 14.8 Å². The minimum absolute atomic E-state index is 0.273. The van der Waals surface area contributed by atoms with Crippen LogP contribution in [-0.4, -0.2) is 32.5 Å². The number of benzene rings is 1. The van der Waals surface area contributed by atoms with E-state index in [-0.39, 0.29) is 11.1 Å². The van der Waals surface area contributed by atoms with Crippen molar-refractivity contribution in [3.05, 3.63) is 56.9 Å². The van der Waals surface area contributed by atoms with Gasteiger partial charge >= 0.3 is 5.97 Å². The highest BCUT2D eigenvalue weighted by molar-refractivity contribution is 7.80. The molecular weight excluding hydrogens is 485 g/mol. The number of hydrogen-bond acceptors (Lipinski definition) is 6. The Labute approximate surface area is 205 Å². The van der Waals surface area contributed by atoms with E-state index in [1.165, 1.54) is 23.3 Å². The molecule has 7 nitrogen and oxygen atoms in total. The molecule has 0 saturated carbocycles. The number of rotatable bonds is 6. The van der Waals surface area contributed by atoms with Crippen molar-refractivity contribution in [3.8, 4) is 0 Å². The third-order valence-corrected chi connectivity index (χ3v) is 7.00. The second-order valence-corrected chi connectivity index (χ2v) is 9.49. The highest BCUT2D eigenvalue weighted by Crippen LogP contribution is 2.38. The lowest BCUT2D eigenvalue weighted by Crippen LogP contribution is -2.21. The van der Waals surface area contributed by atoms with Gasteiger partial charge in [-0.2, -0.15) is 0 Å². The van der Waals surface area contributed by atoms with Gasteiger partial charge in [0.15, 0.2) is 5.11 Å². The minimum atomic E-state index is -0.394. The largest absolute Gasteiger partial charge is 0.462 e. The van der Waals surface area contributed by atoms with Crippen LogP contribution in [0.2, 0.25) is 5.02 Å². The summed E-state index contributed by atoms with van der Waals surface area (Å²) >= 11 is 13.1. The fourth-order valence-electron chi connectivity index (χ4n) is 3.74. The van der Waals surface area contributed by atoms with Crippen LogP contribution >= 0.6 is 35.2 Å². The van der Waals surface area contributed by atoms with Gasteiger partial charge < -0.3 is 10.1 Å². The van der Waals surface area contributed by atoms with E-state index in [0.29, 0.717) is 34.7 Å². The quantitative estimate of drug-likeness (QED) is 0.261. The number of carbonyl (C=O) groups is 1. The predicted octanol–water partition coefficient (Wildman–Crippen LogP) is 5.43. The van der Waals surface area contributed by atoms with Crippen LogP contribution in [0, 0.1) is 5.82 Å². The number of esters is 1. The molecule has 0 saturated heterocycles. The lowest BCUT2D eigenvalue weighted by molar-refractivity contribution is 0.0527. The van der Waals surface area contributed by atoms with Gasteiger partial charge in [-0.1, -0.05) is 24.1 Å². The molecule has 33 heavy (non-hydrogen) atoms. The van der Waals surface area contributed by atoms with E-state index >= 15 is 0 Å². The Hall–Kier alpha value is -2.56. The van der Waals surface area contributed by atoms with Gasteiger partial charge in [-0.3, -0.25) is 5.32 Å². The Morgan fingerprint density at radius 2 is 2.12 bits per heavy atom. The van der Waals surface area contributed by atoms with Crippen molar-refractivity contribution >= 4 is 57.2 Å². The molecule has 0 bridgehead atoms. The summed E-state index contributed by atoms with van der Waals surface area (Å²) in [6.07, 6.45) is 6.66. The van der Waals surface area contributed by atoms with E-state index in [1.807, 2.05) is 0 Å². The fraction of sp³-hybridized carbons (Fsp3) is 0.364. The molecule has 0 amide bonds. The van der Waals surface area contributed by atoms with Gasteiger partial charge in [-0.05, 0) is 68.1 Å². The highest BCUT2D eigenvalue weighted by atomic mass is 35.5. The molecule has 0 fully saturated rings. The third kappa shape index (κ3) is 5.69. The van der Waals surface area contributed by atoms with E-state index in [2.05, 4.69) is 20.7 Å².